The predicted octanol–water partition coefficient (Wildman–Crippen LogP) is 4.12. The van der Waals surface area contributed by atoms with Crippen LogP contribution in [0.25, 0.3) is 0 Å². The van der Waals surface area contributed by atoms with Gasteiger partial charge in [-0.15, -0.1) is 0 Å². The Kier molecular flexibility index (Phi) is 4.74. The Balaban J connectivity index is 1.77. The summed E-state index contributed by atoms with van der Waals surface area (Å²) in [4.78, 5) is 13.5. The molecule has 0 amide bonds. The first-order valence-corrected chi connectivity index (χ1v) is 8.62. The molecule has 4 heteroatoms. The number of halogens is 1. The number of hydrogen-bond donors (Lipinski definition) is 1. The highest BCUT2D eigenvalue weighted by Crippen LogP contribution is 2.45. The van der Waals surface area contributed by atoms with Gasteiger partial charge in [-0.2, -0.15) is 0 Å². The highest BCUT2D eigenvalue weighted by Gasteiger charge is 2.34. The molecule has 1 aromatic carbocycles. The SMILES string of the molecule is CN1CCC(c2ccc(C(CC(=O)O)C3CC3)cc2Cl)CC1. The molecule has 0 spiro atoms. The van der Waals surface area contributed by atoms with E-state index in [0.29, 0.717) is 11.8 Å². The summed E-state index contributed by atoms with van der Waals surface area (Å²) in [5, 5.41) is 9.96. The van der Waals surface area contributed by atoms with E-state index in [2.05, 4.69) is 24.1 Å². The number of aliphatic carboxylic acids is 1. The van der Waals surface area contributed by atoms with Crippen molar-refractivity contribution in [3.8, 4) is 0 Å². The average Bonchev–Trinajstić information content (AvgIpc) is 3.30. The van der Waals surface area contributed by atoms with Crippen molar-refractivity contribution in [1.29, 1.82) is 0 Å². The van der Waals surface area contributed by atoms with Crippen molar-refractivity contribution < 1.29 is 9.90 Å². The molecule has 0 bridgehead atoms. The Morgan fingerprint density at radius 1 is 1.32 bits per heavy atom. The van der Waals surface area contributed by atoms with Crippen molar-refractivity contribution in [3.05, 3.63) is 34.3 Å². The normalized spacial score (nSPS) is 21.7. The molecule has 1 heterocycles. The first-order chi connectivity index (χ1) is 10.5. The molecule has 1 saturated carbocycles. The second-order valence-electron chi connectivity index (χ2n) is 6.90. The Morgan fingerprint density at radius 3 is 2.55 bits per heavy atom. The van der Waals surface area contributed by atoms with Gasteiger partial charge in [-0.25, -0.2) is 0 Å². The van der Waals surface area contributed by atoms with Crippen molar-refractivity contribution >= 4 is 17.6 Å². The van der Waals surface area contributed by atoms with Gasteiger partial charge in [0.1, 0.15) is 0 Å². The molecule has 120 valence electrons. The van der Waals surface area contributed by atoms with Gasteiger partial charge < -0.3 is 10.0 Å². The Morgan fingerprint density at radius 2 is 2.00 bits per heavy atom. The minimum absolute atomic E-state index is 0.126. The third kappa shape index (κ3) is 3.64. The molecule has 0 radical (unpaired) electrons. The number of rotatable bonds is 5. The molecule has 1 saturated heterocycles. The van der Waals surface area contributed by atoms with E-state index in [0.717, 1.165) is 49.4 Å². The van der Waals surface area contributed by atoms with Crippen molar-refractivity contribution in [2.24, 2.45) is 5.92 Å². The molecule has 1 atom stereocenters. The lowest BCUT2D eigenvalue weighted by molar-refractivity contribution is -0.137. The largest absolute Gasteiger partial charge is 0.481 e. The average molecular weight is 322 g/mol. The number of carbonyl (C=O) groups is 1. The van der Waals surface area contributed by atoms with Crippen LogP contribution < -0.4 is 0 Å². The molecule has 2 fully saturated rings. The first-order valence-electron chi connectivity index (χ1n) is 8.24. The van der Waals surface area contributed by atoms with E-state index in [-0.39, 0.29) is 12.3 Å². The predicted molar refractivity (Wildman–Crippen MR) is 88.6 cm³/mol. The van der Waals surface area contributed by atoms with E-state index in [9.17, 15) is 4.79 Å². The molecule has 1 unspecified atom stereocenters. The standard InChI is InChI=1S/C18H24ClNO2/c1-20-8-6-13(7-9-20)15-5-4-14(10-17(15)19)16(11-18(21)22)12-2-3-12/h4-5,10,12-13,16H,2-3,6-9,11H2,1H3,(H,21,22). The molecule has 0 aromatic heterocycles. The molecule has 1 aromatic rings. The second-order valence-corrected chi connectivity index (χ2v) is 7.31. The summed E-state index contributed by atoms with van der Waals surface area (Å²) in [5.74, 6) is 0.479. The fourth-order valence-electron chi connectivity index (χ4n) is 3.67. The van der Waals surface area contributed by atoms with Crippen LogP contribution >= 0.6 is 11.6 Å². The molecule has 1 N–H and O–H groups in total. The summed E-state index contributed by atoms with van der Waals surface area (Å²) in [5.41, 5.74) is 2.34. The quantitative estimate of drug-likeness (QED) is 0.887. The lowest BCUT2D eigenvalue weighted by Gasteiger charge is -2.30. The molecular formula is C18H24ClNO2. The Hall–Kier alpha value is -1.06. The van der Waals surface area contributed by atoms with E-state index in [1.165, 1.54) is 5.56 Å². The molecule has 2 aliphatic rings. The maximum absolute atomic E-state index is 11.1. The summed E-state index contributed by atoms with van der Waals surface area (Å²) in [6, 6.07) is 6.29. The van der Waals surface area contributed by atoms with E-state index < -0.39 is 5.97 Å². The molecular weight excluding hydrogens is 298 g/mol. The van der Waals surface area contributed by atoms with Crippen LogP contribution in [0.5, 0.6) is 0 Å². The van der Waals surface area contributed by atoms with Crippen molar-refractivity contribution in [2.75, 3.05) is 20.1 Å². The highest BCUT2D eigenvalue weighted by atomic mass is 35.5. The summed E-state index contributed by atoms with van der Waals surface area (Å²) in [6.07, 6.45) is 4.81. The molecule has 3 rings (SSSR count). The summed E-state index contributed by atoms with van der Waals surface area (Å²) >= 11 is 6.54. The van der Waals surface area contributed by atoms with Gasteiger partial charge in [-0.1, -0.05) is 23.7 Å². The Labute approximate surface area is 137 Å². The lowest BCUT2D eigenvalue weighted by Crippen LogP contribution is -2.29. The van der Waals surface area contributed by atoms with Crippen LogP contribution in [0.3, 0.4) is 0 Å². The van der Waals surface area contributed by atoms with Gasteiger partial charge in [0.15, 0.2) is 0 Å². The van der Waals surface area contributed by atoms with Crippen molar-refractivity contribution in [2.45, 2.75) is 43.9 Å². The minimum atomic E-state index is -0.715. The van der Waals surface area contributed by atoms with E-state index in [1.54, 1.807) is 0 Å². The van der Waals surface area contributed by atoms with Crippen LogP contribution in [0, 0.1) is 5.92 Å². The topological polar surface area (TPSA) is 40.5 Å². The van der Waals surface area contributed by atoms with Gasteiger partial charge in [-0.05, 0) is 80.8 Å². The second kappa shape index (κ2) is 6.59. The fraction of sp³-hybridized carbons (Fsp3) is 0.611. The number of nitrogens with zero attached hydrogens (tertiary/aromatic N) is 1. The number of carboxylic acid groups (broad SMARTS) is 1. The third-order valence-corrected chi connectivity index (χ3v) is 5.52. The van der Waals surface area contributed by atoms with Gasteiger partial charge in [-0.3, -0.25) is 4.79 Å². The number of likely N-dealkylation sites (tertiary alicyclic amines) is 1. The monoisotopic (exact) mass is 321 g/mol. The maximum atomic E-state index is 11.1. The van der Waals surface area contributed by atoms with Crippen LogP contribution in [0.4, 0.5) is 0 Å². The molecule has 1 aliphatic carbocycles. The van der Waals surface area contributed by atoms with Gasteiger partial charge in [0.25, 0.3) is 0 Å². The van der Waals surface area contributed by atoms with Crippen LogP contribution in [-0.4, -0.2) is 36.1 Å². The smallest absolute Gasteiger partial charge is 0.303 e. The summed E-state index contributed by atoms with van der Waals surface area (Å²) in [6.45, 7) is 2.24. The zero-order valence-electron chi connectivity index (χ0n) is 13.1. The lowest BCUT2D eigenvalue weighted by atomic mass is 9.86. The molecule has 22 heavy (non-hydrogen) atoms. The summed E-state index contributed by atoms with van der Waals surface area (Å²) in [7, 11) is 2.16. The van der Waals surface area contributed by atoms with Crippen molar-refractivity contribution in [1.82, 2.24) is 4.90 Å². The maximum Gasteiger partial charge on any atom is 0.303 e. The zero-order chi connectivity index (χ0) is 15.7. The molecule has 3 nitrogen and oxygen atoms in total. The summed E-state index contributed by atoms with van der Waals surface area (Å²) < 4.78 is 0. The van der Waals surface area contributed by atoms with Gasteiger partial charge in [0, 0.05) is 5.02 Å². The van der Waals surface area contributed by atoms with E-state index in [1.807, 2.05) is 6.07 Å². The highest BCUT2D eigenvalue weighted by molar-refractivity contribution is 6.31. The van der Waals surface area contributed by atoms with Crippen molar-refractivity contribution in [3.63, 3.8) is 0 Å². The van der Waals surface area contributed by atoms with Gasteiger partial charge >= 0.3 is 5.97 Å². The van der Waals surface area contributed by atoms with Gasteiger partial charge in [0.05, 0.1) is 6.42 Å². The van der Waals surface area contributed by atoms with E-state index in [4.69, 9.17) is 16.7 Å². The number of carboxylic acids is 1. The Bertz CT molecular complexity index is 548. The first kappa shape index (κ1) is 15.8. The number of benzene rings is 1. The number of hydrogen-bond acceptors (Lipinski definition) is 2. The van der Waals surface area contributed by atoms with Crippen LogP contribution in [0.2, 0.25) is 5.02 Å². The number of piperidine rings is 1. The van der Waals surface area contributed by atoms with Crippen LogP contribution in [0.15, 0.2) is 18.2 Å². The van der Waals surface area contributed by atoms with Crippen LogP contribution in [0.1, 0.15) is 55.1 Å². The van der Waals surface area contributed by atoms with Crippen LogP contribution in [-0.2, 0) is 4.79 Å². The van der Waals surface area contributed by atoms with E-state index >= 15 is 0 Å². The van der Waals surface area contributed by atoms with Gasteiger partial charge in [0.2, 0.25) is 0 Å². The molecule has 1 aliphatic heterocycles. The third-order valence-electron chi connectivity index (χ3n) is 5.20. The minimum Gasteiger partial charge on any atom is -0.481 e. The fourth-order valence-corrected chi connectivity index (χ4v) is 4.01. The zero-order valence-corrected chi connectivity index (χ0v) is 13.9.